The molecule has 0 saturated heterocycles. The molecule has 0 spiro atoms. The molecule has 2 rings (SSSR count). The van der Waals surface area contributed by atoms with Gasteiger partial charge in [0.1, 0.15) is 11.3 Å². The van der Waals surface area contributed by atoms with E-state index in [1.807, 2.05) is 0 Å². The first-order chi connectivity index (χ1) is 9.09. The lowest BCUT2D eigenvalue weighted by Gasteiger charge is -2.20. The largest absolute Gasteiger partial charge is 0.489 e. The molecule has 6 heteroatoms. The maximum absolute atomic E-state index is 13.2. The lowest BCUT2D eigenvalue weighted by atomic mass is 10.2. The Balaban J connectivity index is 2.61. The van der Waals surface area contributed by atoms with E-state index in [9.17, 15) is 18.0 Å². The molecule has 0 aliphatic carbocycles. The molecule has 20 heavy (non-hydrogen) atoms. The van der Waals surface area contributed by atoms with Crippen LogP contribution in [0.3, 0.4) is 0 Å². The van der Waals surface area contributed by atoms with Gasteiger partial charge in [-0.05, 0) is 32.9 Å². The third-order valence-electron chi connectivity index (χ3n) is 2.57. The number of rotatable bonds is 1. The number of esters is 1. The second-order valence-corrected chi connectivity index (χ2v) is 5.39. The van der Waals surface area contributed by atoms with Gasteiger partial charge >= 0.3 is 12.3 Å². The van der Waals surface area contributed by atoms with E-state index < -0.39 is 23.6 Å². The van der Waals surface area contributed by atoms with Crippen molar-refractivity contribution < 1.29 is 22.7 Å². The van der Waals surface area contributed by atoms with Crippen LogP contribution in [0.4, 0.5) is 13.2 Å². The number of carbonyl (C=O) groups is 1. The average Bonchev–Trinajstić information content (AvgIpc) is 2.65. The number of halogens is 3. The van der Waals surface area contributed by atoms with Gasteiger partial charge in [0, 0.05) is 5.39 Å². The van der Waals surface area contributed by atoms with Crippen LogP contribution in [0.25, 0.3) is 10.9 Å². The summed E-state index contributed by atoms with van der Waals surface area (Å²) in [6.45, 7) is 4.81. The molecule has 0 saturated carbocycles. The molecular formula is C14H14F3NO2. The van der Waals surface area contributed by atoms with Crippen molar-refractivity contribution in [3.63, 3.8) is 0 Å². The highest BCUT2D eigenvalue weighted by atomic mass is 19.4. The van der Waals surface area contributed by atoms with Gasteiger partial charge in [-0.15, -0.1) is 13.2 Å². The second-order valence-electron chi connectivity index (χ2n) is 5.39. The molecule has 0 bridgehead atoms. The summed E-state index contributed by atoms with van der Waals surface area (Å²) in [7, 11) is 0. The number of aromatic nitrogens is 1. The zero-order chi connectivity index (χ0) is 15.1. The number of alkyl halides is 3. The number of ether oxygens (including phenoxy) is 1. The number of hydrogen-bond acceptors (Lipinski definition) is 2. The molecular weight excluding hydrogens is 271 g/mol. The predicted octanol–water partition coefficient (Wildman–Crippen LogP) is 4.07. The van der Waals surface area contributed by atoms with Crippen molar-refractivity contribution in [1.82, 2.24) is 4.57 Å². The summed E-state index contributed by atoms with van der Waals surface area (Å²) in [5.41, 5.74) is -1.45. The van der Waals surface area contributed by atoms with Gasteiger partial charge in [0.15, 0.2) is 0 Å². The van der Waals surface area contributed by atoms with Crippen LogP contribution < -0.4 is 0 Å². The number of hydrogen-bond donors (Lipinski definition) is 0. The lowest BCUT2D eigenvalue weighted by molar-refractivity contribution is -0.201. The molecule has 0 fully saturated rings. The molecule has 0 aliphatic heterocycles. The standard InChI is InChI=1S/C14H14F3NO2/c1-13(2,3)20-12(19)11-8-9-6-4-5-7-10(9)18(11)14(15,16)17/h4-8H,1-3H3. The smallest absolute Gasteiger partial charge is 0.455 e. The lowest BCUT2D eigenvalue weighted by Crippen LogP contribution is -2.28. The van der Waals surface area contributed by atoms with Crippen LogP contribution in [0.5, 0.6) is 0 Å². The van der Waals surface area contributed by atoms with Gasteiger partial charge in [0.05, 0.1) is 5.52 Å². The van der Waals surface area contributed by atoms with E-state index in [-0.39, 0.29) is 10.1 Å². The molecule has 1 aromatic carbocycles. The van der Waals surface area contributed by atoms with Crippen LogP contribution in [0.2, 0.25) is 0 Å². The highest BCUT2D eigenvalue weighted by molar-refractivity contribution is 5.96. The van der Waals surface area contributed by atoms with Crippen LogP contribution >= 0.6 is 0 Å². The summed E-state index contributed by atoms with van der Waals surface area (Å²) in [5, 5.41) is 0.339. The van der Waals surface area contributed by atoms with Gasteiger partial charge in [-0.2, -0.15) is 0 Å². The second kappa shape index (κ2) is 4.54. The van der Waals surface area contributed by atoms with E-state index in [2.05, 4.69) is 0 Å². The Morgan fingerprint density at radius 3 is 2.30 bits per heavy atom. The maximum atomic E-state index is 13.2. The maximum Gasteiger partial charge on any atom is 0.489 e. The monoisotopic (exact) mass is 285 g/mol. The zero-order valence-electron chi connectivity index (χ0n) is 11.3. The minimum Gasteiger partial charge on any atom is -0.455 e. The molecule has 0 unspecified atom stereocenters. The van der Waals surface area contributed by atoms with Gasteiger partial charge < -0.3 is 4.74 Å². The Morgan fingerprint density at radius 1 is 1.15 bits per heavy atom. The summed E-state index contributed by atoms with van der Waals surface area (Å²) in [6, 6.07) is 7.13. The van der Waals surface area contributed by atoms with Crippen LogP contribution in [-0.2, 0) is 11.0 Å². The first-order valence-electron chi connectivity index (χ1n) is 6.00. The van der Waals surface area contributed by atoms with Crippen molar-refractivity contribution in [1.29, 1.82) is 0 Å². The van der Waals surface area contributed by atoms with Crippen LogP contribution in [0, 0.1) is 0 Å². The molecule has 0 aliphatic rings. The van der Waals surface area contributed by atoms with Gasteiger partial charge in [-0.3, -0.25) is 0 Å². The molecule has 0 atom stereocenters. The summed E-state index contributed by atoms with van der Waals surface area (Å²) >= 11 is 0. The van der Waals surface area contributed by atoms with Crippen molar-refractivity contribution in [3.8, 4) is 0 Å². The molecule has 0 amide bonds. The molecule has 0 radical (unpaired) electrons. The molecule has 2 aromatic rings. The average molecular weight is 285 g/mol. The van der Waals surface area contributed by atoms with E-state index in [1.165, 1.54) is 24.3 Å². The van der Waals surface area contributed by atoms with E-state index in [1.54, 1.807) is 26.8 Å². The Kier molecular flexibility index (Phi) is 3.28. The number of fused-ring (bicyclic) bond motifs is 1. The molecule has 1 aromatic heterocycles. The first-order valence-corrected chi connectivity index (χ1v) is 6.00. The van der Waals surface area contributed by atoms with Gasteiger partial charge in [0.2, 0.25) is 0 Å². The Bertz CT molecular complexity index is 650. The molecule has 3 nitrogen and oxygen atoms in total. The van der Waals surface area contributed by atoms with Crippen molar-refractivity contribution in [2.45, 2.75) is 32.7 Å². The predicted molar refractivity (Wildman–Crippen MR) is 68.4 cm³/mol. The highest BCUT2D eigenvalue weighted by Crippen LogP contribution is 2.32. The summed E-state index contributed by atoms with van der Waals surface area (Å²) < 4.78 is 44.6. The fraction of sp³-hybridized carbons (Fsp3) is 0.357. The fourth-order valence-corrected chi connectivity index (χ4v) is 1.91. The molecule has 108 valence electrons. The number of para-hydroxylation sites is 1. The number of carbonyl (C=O) groups excluding carboxylic acids is 1. The Hall–Kier alpha value is -1.98. The van der Waals surface area contributed by atoms with E-state index in [0.717, 1.165) is 0 Å². The van der Waals surface area contributed by atoms with Gasteiger partial charge in [-0.25, -0.2) is 9.36 Å². The van der Waals surface area contributed by atoms with Gasteiger partial charge in [0.25, 0.3) is 0 Å². The summed E-state index contributed by atoms with van der Waals surface area (Å²) in [4.78, 5) is 12.0. The summed E-state index contributed by atoms with van der Waals surface area (Å²) in [5.74, 6) is -0.994. The Morgan fingerprint density at radius 2 is 1.75 bits per heavy atom. The van der Waals surface area contributed by atoms with Crippen molar-refractivity contribution in [3.05, 3.63) is 36.0 Å². The quantitative estimate of drug-likeness (QED) is 0.739. The van der Waals surface area contributed by atoms with Crippen LogP contribution in [-0.4, -0.2) is 16.1 Å². The minimum atomic E-state index is -4.69. The molecule has 1 heterocycles. The molecule has 0 N–H and O–H groups in total. The number of benzene rings is 1. The van der Waals surface area contributed by atoms with E-state index in [0.29, 0.717) is 5.39 Å². The topological polar surface area (TPSA) is 31.2 Å². The van der Waals surface area contributed by atoms with Crippen molar-refractivity contribution in [2.24, 2.45) is 0 Å². The normalized spacial score (nSPS) is 12.7. The van der Waals surface area contributed by atoms with Crippen LogP contribution in [0.1, 0.15) is 31.3 Å². The third-order valence-corrected chi connectivity index (χ3v) is 2.57. The van der Waals surface area contributed by atoms with E-state index in [4.69, 9.17) is 4.74 Å². The highest BCUT2D eigenvalue weighted by Gasteiger charge is 2.37. The summed E-state index contributed by atoms with van der Waals surface area (Å²) in [6.07, 6.45) is -4.69. The van der Waals surface area contributed by atoms with Gasteiger partial charge in [-0.1, -0.05) is 18.2 Å². The Labute approximate surface area is 113 Å². The fourth-order valence-electron chi connectivity index (χ4n) is 1.91. The van der Waals surface area contributed by atoms with Crippen LogP contribution in [0.15, 0.2) is 30.3 Å². The SMILES string of the molecule is CC(C)(C)OC(=O)c1cc2ccccc2n1C(F)(F)F. The van der Waals surface area contributed by atoms with E-state index >= 15 is 0 Å². The van der Waals surface area contributed by atoms with Crippen molar-refractivity contribution in [2.75, 3.05) is 0 Å². The number of nitrogens with zero attached hydrogens (tertiary/aromatic N) is 1. The zero-order valence-corrected chi connectivity index (χ0v) is 11.3. The first kappa shape index (κ1) is 14.4. The van der Waals surface area contributed by atoms with Crippen molar-refractivity contribution >= 4 is 16.9 Å². The minimum absolute atomic E-state index is 0.0520. The third kappa shape index (κ3) is 2.79.